The molecular formula is C16H31NO2S. The topological polar surface area (TPSA) is 38.3 Å². The second-order valence-electron chi connectivity index (χ2n) is 6.17. The van der Waals surface area contributed by atoms with E-state index in [2.05, 4.69) is 26.1 Å². The van der Waals surface area contributed by atoms with Crippen LogP contribution in [-0.4, -0.2) is 36.7 Å². The Morgan fingerprint density at radius 1 is 1.45 bits per heavy atom. The van der Waals surface area contributed by atoms with Crippen LogP contribution < -0.4 is 5.32 Å². The van der Waals surface area contributed by atoms with Crippen LogP contribution in [0.15, 0.2) is 0 Å². The van der Waals surface area contributed by atoms with Crippen molar-refractivity contribution in [2.24, 2.45) is 11.8 Å². The Bertz CT molecular complexity index is 296. The molecule has 0 amide bonds. The molecule has 0 bridgehead atoms. The minimum Gasteiger partial charge on any atom is -0.468 e. The molecule has 1 rings (SSSR count). The molecule has 0 aromatic rings. The Labute approximate surface area is 128 Å². The SMILES string of the molecule is CCNC1(C(=O)OC)CCCC1CCSCCC(C)C. The molecule has 1 saturated carbocycles. The van der Waals surface area contributed by atoms with Crippen LogP contribution in [0.3, 0.4) is 0 Å². The molecule has 2 atom stereocenters. The molecule has 118 valence electrons. The van der Waals surface area contributed by atoms with Gasteiger partial charge < -0.3 is 10.1 Å². The van der Waals surface area contributed by atoms with Crippen LogP contribution in [0.2, 0.25) is 0 Å². The van der Waals surface area contributed by atoms with Crippen molar-refractivity contribution >= 4 is 17.7 Å². The minimum atomic E-state index is -0.415. The average Bonchev–Trinajstić information content (AvgIpc) is 2.81. The molecule has 2 unspecified atom stereocenters. The smallest absolute Gasteiger partial charge is 0.326 e. The molecule has 0 spiro atoms. The normalized spacial score (nSPS) is 26.1. The van der Waals surface area contributed by atoms with Crippen LogP contribution in [-0.2, 0) is 9.53 Å². The predicted octanol–water partition coefficient (Wildman–Crippen LogP) is 3.48. The standard InChI is InChI=1S/C16H31NO2S/c1-5-17-16(15(18)19-4)10-6-7-14(16)9-12-20-11-8-13(2)3/h13-14,17H,5-12H2,1-4H3. The lowest BCUT2D eigenvalue weighted by atomic mass is 9.85. The number of carbonyl (C=O) groups is 1. The molecule has 0 saturated heterocycles. The van der Waals surface area contributed by atoms with Gasteiger partial charge in [-0.15, -0.1) is 0 Å². The van der Waals surface area contributed by atoms with Gasteiger partial charge in [0, 0.05) is 0 Å². The van der Waals surface area contributed by atoms with Crippen molar-refractivity contribution < 1.29 is 9.53 Å². The van der Waals surface area contributed by atoms with E-state index in [0.29, 0.717) is 5.92 Å². The summed E-state index contributed by atoms with van der Waals surface area (Å²) in [5, 5.41) is 3.43. The second-order valence-corrected chi connectivity index (χ2v) is 7.39. The molecule has 1 aliphatic rings. The second kappa shape index (κ2) is 8.93. The van der Waals surface area contributed by atoms with Crippen LogP contribution in [0.5, 0.6) is 0 Å². The van der Waals surface area contributed by atoms with E-state index < -0.39 is 5.54 Å². The van der Waals surface area contributed by atoms with Gasteiger partial charge in [-0.2, -0.15) is 11.8 Å². The number of hydrogen-bond donors (Lipinski definition) is 1. The molecule has 1 fully saturated rings. The van der Waals surface area contributed by atoms with Crippen molar-refractivity contribution in [3.63, 3.8) is 0 Å². The maximum Gasteiger partial charge on any atom is 0.326 e. The Morgan fingerprint density at radius 2 is 2.20 bits per heavy atom. The maximum absolute atomic E-state index is 12.2. The summed E-state index contributed by atoms with van der Waals surface area (Å²) < 4.78 is 5.07. The number of carbonyl (C=O) groups excluding carboxylic acids is 1. The van der Waals surface area contributed by atoms with Crippen LogP contribution in [0, 0.1) is 11.8 Å². The Balaban J connectivity index is 2.47. The zero-order chi connectivity index (χ0) is 15.0. The van der Waals surface area contributed by atoms with Crippen molar-refractivity contribution in [1.29, 1.82) is 0 Å². The first kappa shape index (κ1) is 17.8. The van der Waals surface area contributed by atoms with Crippen LogP contribution >= 0.6 is 11.8 Å². The fourth-order valence-electron chi connectivity index (χ4n) is 3.19. The molecule has 4 heteroatoms. The number of nitrogens with one attached hydrogen (secondary N) is 1. The van der Waals surface area contributed by atoms with Gasteiger partial charge in [0.25, 0.3) is 0 Å². The van der Waals surface area contributed by atoms with Crippen molar-refractivity contribution in [3.8, 4) is 0 Å². The largest absolute Gasteiger partial charge is 0.468 e. The monoisotopic (exact) mass is 301 g/mol. The highest BCUT2D eigenvalue weighted by Crippen LogP contribution is 2.39. The van der Waals surface area contributed by atoms with E-state index in [4.69, 9.17) is 4.74 Å². The first-order valence-corrected chi connectivity index (χ1v) is 9.13. The predicted molar refractivity (Wildman–Crippen MR) is 87.2 cm³/mol. The van der Waals surface area contributed by atoms with Gasteiger partial charge in [0.1, 0.15) is 5.54 Å². The van der Waals surface area contributed by atoms with Crippen LogP contribution in [0.1, 0.15) is 52.9 Å². The summed E-state index contributed by atoms with van der Waals surface area (Å²) in [7, 11) is 1.51. The molecule has 1 aliphatic carbocycles. The summed E-state index contributed by atoms with van der Waals surface area (Å²) in [6.45, 7) is 7.43. The number of methoxy groups -OCH3 is 1. The third-order valence-electron chi connectivity index (χ3n) is 4.31. The number of hydrogen-bond acceptors (Lipinski definition) is 4. The molecule has 0 radical (unpaired) electrons. The summed E-state index contributed by atoms with van der Waals surface area (Å²) >= 11 is 2.03. The first-order chi connectivity index (χ1) is 9.56. The van der Waals surface area contributed by atoms with E-state index in [1.807, 2.05) is 11.8 Å². The van der Waals surface area contributed by atoms with Gasteiger partial charge in [-0.05, 0) is 55.6 Å². The fraction of sp³-hybridized carbons (Fsp3) is 0.938. The van der Waals surface area contributed by atoms with Crippen molar-refractivity contribution in [3.05, 3.63) is 0 Å². The lowest BCUT2D eigenvalue weighted by Gasteiger charge is -2.33. The van der Waals surface area contributed by atoms with E-state index in [0.717, 1.165) is 43.9 Å². The Kier molecular flexibility index (Phi) is 7.96. The number of esters is 1. The Hall–Kier alpha value is -0.220. The van der Waals surface area contributed by atoms with Gasteiger partial charge in [0.2, 0.25) is 0 Å². The van der Waals surface area contributed by atoms with E-state index in [9.17, 15) is 4.79 Å². The molecule has 0 aromatic heterocycles. The summed E-state index contributed by atoms with van der Waals surface area (Å²) in [5.74, 6) is 3.54. The zero-order valence-corrected chi connectivity index (χ0v) is 14.4. The zero-order valence-electron chi connectivity index (χ0n) is 13.5. The van der Waals surface area contributed by atoms with Gasteiger partial charge in [-0.3, -0.25) is 4.79 Å². The molecule has 0 aromatic carbocycles. The van der Waals surface area contributed by atoms with Gasteiger partial charge >= 0.3 is 5.97 Å². The molecule has 1 N–H and O–H groups in total. The summed E-state index contributed by atoms with van der Waals surface area (Å²) in [5.41, 5.74) is -0.415. The molecule has 20 heavy (non-hydrogen) atoms. The quantitative estimate of drug-likeness (QED) is 0.523. The van der Waals surface area contributed by atoms with Gasteiger partial charge in [-0.1, -0.05) is 27.2 Å². The molecule has 3 nitrogen and oxygen atoms in total. The van der Waals surface area contributed by atoms with Crippen LogP contribution in [0.4, 0.5) is 0 Å². The van der Waals surface area contributed by atoms with E-state index in [1.165, 1.54) is 19.3 Å². The Morgan fingerprint density at radius 3 is 2.80 bits per heavy atom. The van der Waals surface area contributed by atoms with Crippen molar-refractivity contribution in [1.82, 2.24) is 5.32 Å². The van der Waals surface area contributed by atoms with E-state index in [-0.39, 0.29) is 5.97 Å². The number of thioether (sulfide) groups is 1. The maximum atomic E-state index is 12.2. The van der Waals surface area contributed by atoms with E-state index >= 15 is 0 Å². The van der Waals surface area contributed by atoms with Crippen molar-refractivity contribution in [2.45, 2.75) is 58.4 Å². The molecular weight excluding hydrogens is 270 g/mol. The third kappa shape index (κ3) is 4.66. The highest BCUT2D eigenvalue weighted by atomic mass is 32.2. The molecule has 0 heterocycles. The van der Waals surface area contributed by atoms with Gasteiger partial charge in [0.15, 0.2) is 0 Å². The van der Waals surface area contributed by atoms with E-state index in [1.54, 1.807) is 0 Å². The van der Waals surface area contributed by atoms with Crippen molar-refractivity contribution in [2.75, 3.05) is 25.2 Å². The summed E-state index contributed by atoms with van der Waals surface area (Å²) in [6.07, 6.45) is 5.60. The van der Waals surface area contributed by atoms with Gasteiger partial charge in [-0.25, -0.2) is 0 Å². The lowest BCUT2D eigenvalue weighted by Crippen LogP contribution is -2.55. The lowest BCUT2D eigenvalue weighted by molar-refractivity contribution is -0.150. The summed E-state index contributed by atoms with van der Waals surface area (Å²) in [6, 6.07) is 0. The molecule has 0 aliphatic heterocycles. The number of rotatable bonds is 9. The number of ether oxygens (including phenoxy) is 1. The average molecular weight is 301 g/mol. The first-order valence-electron chi connectivity index (χ1n) is 7.98. The van der Waals surface area contributed by atoms with Gasteiger partial charge in [0.05, 0.1) is 7.11 Å². The summed E-state index contributed by atoms with van der Waals surface area (Å²) in [4.78, 5) is 12.2. The minimum absolute atomic E-state index is 0.0611. The number of likely N-dealkylation sites (N-methyl/N-ethyl adjacent to an activating group) is 1. The van der Waals surface area contributed by atoms with Crippen LogP contribution in [0.25, 0.3) is 0 Å². The highest BCUT2D eigenvalue weighted by molar-refractivity contribution is 7.99. The highest BCUT2D eigenvalue weighted by Gasteiger charge is 2.48. The fourth-order valence-corrected chi connectivity index (χ4v) is 4.48. The third-order valence-corrected chi connectivity index (χ3v) is 5.36.